The smallest absolute Gasteiger partial charge is 0.145 e. The third-order valence-electron chi connectivity index (χ3n) is 2.77. The lowest BCUT2D eigenvalue weighted by atomic mass is 10.0. The summed E-state index contributed by atoms with van der Waals surface area (Å²) in [4.78, 5) is 0. The largest absolute Gasteiger partial charge is 0.388 e. The van der Waals surface area contributed by atoms with Crippen molar-refractivity contribution in [3.05, 3.63) is 68.7 Å². The highest BCUT2D eigenvalue weighted by Crippen LogP contribution is 2.26. The molecule has 0 saturated heterocycles. The molecule has 1 atom stereocenters. The quantitative estimate of drug-likeness (QED) is 0.856. The predicted molar refractivity (Wildman–Crippen MR) is 74.2 cm³/mol. The second kappa shape index (κ2) is 5.99. The highest BCUT2D eigenvalue weighted by atomic mass is 79.9. The molecule has 0 aliphatic carbocycles. The van der Waals surface area contributed by atoms with Crippen molar-refractivity contribution in [3.63, 3.8) is 0 Å². The van der Waals surface area contributed by atoms with E-state index in [1.54, 1.807) is 12.1 Å². The summed E-state index contributed by atoms with van der Waals surface area (Å²) in [5.74, 6) is -0.950. The SMILES string of the molecule is OC(Cc1cccc(Cl)c1F)c1ccc(F)c(Br)c1. The first kappa shape index (κ1) is 14.4. The first-order chi connectivity index (χ1) is 8.99. The van der Waals surface area contributed by atoms with Gasteiger partial charge in [-0.15, -0.1) is 0 Å². The summed E-state index contributed by atoms with van der Waals surface area (Å²) in [7, 11) is 0. The predicted octanol–water partition coefficient (Wildman–Crippen LogP) is 4.66. The van der Waals surface area contributed by atoms with Gasteiger partial charge in [-0.3, -0.25) is 0 Å². The van der Waals surface area contributed by atoms with Crippen LogP contribution in [0.2, 0.25) is 5.02 Å². The molecule has 0 amide bonds. The molecule has 2 rings (SSSR count). The van der Waals surface area contributed by atoms with Crippen molar-refractivity contribution in [3.8, 4) is 0 Å². The third-order valence-corrected chi connectivity index (χ3v) is 3.67. The van der Waals surface area contributed by atoms with Crippen LogP contribution in [0.15, 0.2) is 40.9 Å². The van der Waals surface area contributed by atoms with Crippen molar-refractivity contribution < 1.29 is 13.9 Å². The number of aliphatic hydroxyl groups is 1. The molecule has 100 valence electrons. The molecule has 1 N–H and O–H groups in total. The Morgan fingerprint density at radius 3 is 2.63 bits per heavy atom. The standard InChI is InChI=1S/C14H10BrClF2O/c15-10-6-8(4-5-12(10)17)13(19)7-9-2-1-3-11(16)14(9)18/h1-6,13,19H,7H2. The molecule has 0 aliphatic heterocycles. The number of halogens is 4. The molecule has 2 aromatic carbocycles. The number of benzene rings is 2. The summed E-state index contributed by atoms with van der Waals surface area (Å²) in [6, 6.07) is 8.81. The zero-order valence-electron chi connectivity index (χ0n) is 9.71. The van der Waals surface area contributed by atoms with Crippen LogP contribution in [0.5, 0.6) is 0 Å². The number of aliphatic hydroxyl groups excluding tert-OH is 1. The molecule has 0 fully saturated rings. The van der Waals surface area contributed by atoms with E-state index in [-0.39, 0.29) is 15.9 Å². The van der Waals surface area contributed by atoms with E-state index >= 15 is 0 Å². The second-order valence-electron chi connectivity index (χ2n) is 4.11. The minimum Gasteiger partial charge on any atom is -0.388 e. The van der Waals surface area contributed by atoms with Gasteiger partial charge in [0, 0.05) is 6.42 Å². The summed E-state index contributed by atoms with van der Waals surface area (Å²) in [5.41, 5.74) is 0.827. The Hall–Kier alpha value is -0.970. The van der Waals surface area contributed by atoms with Crippen molar-refractivity contribution >= 4 is 27.5 Å². The van der Waals surface area contributed by atoms with E-state index in [1.165, 1.54) is 24.3 Å². The molecule has 0 aliphatic rings. The maximum Gasteiger partial charge on any atom is 0.145 e. The van der Waals surface area contributed by atoms with Gasteiger partial charge in [0.05, 0.1) is 15.6 Å². The van der Waals surface area contributed by atoms with Crippen LogP contribution in [0.25, 0.3) is 0 Å². The zero-order valence-corrected chi connectivity index (χ0v) is 12.0. The van der Waals surface area contributed by atoms with Gasteiger partial charge in [-0.25, -0.2) is 8.78 Å². The van der Waals surface area contributed by atoms with E-state index in [1.807, 2.05) is 0 Å². The first-order valence-corrected chi connectivity index (χ1v) is 6.72. The lowest BCUT2D eigenvalue weighted by Gasteiger charge is -2.12. The number of rotatable bonds is 3. The monoisotopic (exact) mass is 346 g/mol. The van der Waals surface area contributed by atoms with Gasteiger partial charge in [0.25, 0.3) is 0 Å². The molecule has 1 unspecified atom stereocenters. The molecule has 2 aromatic rings. The zero-order chi connectivity index (χ0) is 14.0. The lowest BCUT2D eigenvalue weighted by Crippen LogP contribution is -2.04. The van der Waals surface area contributed by atoms with Crippen molar-refractivity contribution in [1.29, 1.82) is 0 Å². The summed E-state index contributed by atoms with van der Waals surface area (Å²) in [5, 5.41) is 10.1. The molecule has 0 spiro atoms. The molecule has 0 heterocycles. The summed E-state index contributed by atoms with van der Waals surface area (Å²) >= 11 is 8.72. The van der Waals surface area contributed by atoms with Crippen LogP contribution >= 0.6 is 27.5 Å². The van der Waals surface area contributed by atoms with Gasteiger partial charge in [0.1, 0.15) is 11.6 Å². The number of hydrogen-bond donors (Lipinski definition) is 1. The van der Waals surface area contributed by atoms with Crippen molar-refractivity contribution in [2.24, 2.45) is 0 Å². The summed E-state index contributed by atoms with van der Waals surface area (Å²) < 4.78 is 27.1. The highest BCUT2D eigenvalue weighted by Gasteiger charge is 2.14. The van der Waals surface area contributed by atoms with Gasteiger partial charge in [-0.2, -0.15) is 0 Å². The van der Waals surface area contributed by atoms with Crippen molar-refractivity contribution in [2.45, 2.75) is 12.5 Å². The van der Waals surface area contributed by atoms with E-state index in [4.69, 9.17) is 11.6 Å². The maximum atomic E-state index is 13.7. The van der Waals surface area contributed by atoms with Crippen LogP contribution in [0.4, 0.5) is 8.78 Å². The van der Waals surface area contributed by atoms with Gasteiger partial charge >= 0.3 is 0 Å². The summed E-state index contributed by atoms with van der Waals surface area (Å²) in [6.45, 7) is 0. The fourth-order valence-corrected chi connectivity index (χ4v) is 2.34. The maximum absolute atomic E-state index is 13.7. The van der Waals surface area contributed by atoms with Gasteiger partial charge < -0.3 is 5.11 Å². The Morgan fingerprint density at radius 1 is 1.21 bits per heavy atom. The van der Waals surface area contributed by atoms with Crippen molar-refractivity contribution in [2.75, 3.05) is 0 Å². The van der Waals surface area contributed by atoms with Gasteiger partial charge in [0.2, 0.25) is 0 Å². The van der Waals surface area contributed by atoms with E-state index < -0.39 is 17.7 Å². The van der Waals surface area contributed by atoms with Crippen LogP contribution in [0.3, 0.4) is 0 Å². The minimum absolute atomic E-state index is 0.0185. The van der Waals surface area contributed by atoms with Crippen LogP contribution in [0, 0.1) is 11.6 Å². The fourth-order valence-electron chi connectivity index (χ4n) is 1.75. The topological polar surface area (TPSA) is 20.2 Å². The Labute approximate surface area is 123 Å². The second-order valence-corrected chi connectivity index (χ2v) is 5.37. The molecule has 0 bridgehead atoms. The van der Waals surface area contributed by atoms with Crippen LogP contribution < -0.4 is 0 Å². The molecular weight excluding hydrogens is 338 g/mol. The average molecular weight is 348 g/mol. The number of hydrogen-bond acceptors (Lipinski definition) is 1. The van der Waals surface area contributed by atoms with Crippen LogP contribution in [-0.2, 0) is 6.42 Å². The lowest BCUT2D eigenvalue weighted by molar-refractivity contribution is 0.177. The van der Waals surface area contributed by atoms with E-state index in [9.17, 15) is 13.9 Å². The molecular formula is C14H10BrClF2O. The van der Waals surface area contributed by atoms with E-state index in [0.29, 0.717) is 11.1 Å². The molecule has 0 radical (unpaired) electrons. The average Bonchev–Trinajstić information content (AvgIpc) is 2.38. The van der Waals surface area contributed by atoms with Crippen LogP contribution in [0.1, 0.15) is 17.2 Å². The van der Waals surface area contributed by atoms with Gasteiger partial charge in [-0.1, -0.05) is 29.8 Å². The van der Waals surface area contributed by atoms with Crippen LogP contribution in [-0.4, -0.2) is 5.11 Å². The normalized spacial score (nSPS) is 12.5. The first-order valence-electron chi connectivity index (χ1n) is 5.55. The Morgan fingerprint density at radius 2 is 1.95 bits per heavy atom. The van der Waals surface area contributed by atoms with Gasteiger partial charge in [-0.05, 0) is 45.3 Å². The van der Waals surface area contributed by atoms with Crippen molar-refractivity contribution in [1.82, 2.24) is 0 Å². The molecule has 5 heteroatoms. The Balaban J connectivity index is 2.23. The minimum atomic E-state index is -0.926. The Bertz CT molecular complexity index is 604. The molecule has 0 saturated carbocycles. The molecule has 0 aromatic heterocycles. The highest BCUT2D eigenvalue weighted by molar-refractivity contribution is 9.10. The van der Waals surface area contributed by atoms with Gasteiger partial charge in [0.15, 0.2) is 0 Å². The van der Waals surface area contributed by atoms with E-state index in [0.717, 1.165) is 0 Å². The Kier molecular flexibility index (Phi) is 4.55. The third kappa shape index (κ3) is 3.32. The fraction of sp³-hybridized carbons (Fsp3) is 0.143. The molecule has 1 nitrogen and oxygen atoms in total. The van der Waals surface area contributed by atoms with E-state index in [2.05, 4.69) is 15.9 Å². The summed E-state index contributed by atoms with van der Waals surface area (Å²) in [6.07, 6.45) is -0.852. The molecule has 19 heavy (non-hydrogen) atoms.